The van der Waals surface area contributed by atoms with Gasteiger partial charge in [0.15, 0.2) is 16.1 Å². The number of nitrogens with zero attached hydrogens (tertiary/aromatic N) is 6. The van der Waals surface area contributed by atoms with Crippen LogP contribution in [0.1, 0.15) is 34.6 Å². The molecule has 6 aromatic rings. The van der Waals surface area contributed by atoms with Crippen LogP contribution in [0.25, 0.3) is 10.9 Å². The molecule has 8 rings (SSSR count). The standard InChI is InChI=1S/C42H39N6O2S/c1-51(49,50)40-21-12-11-20-39(40)46-24-13-25-47(27-26-46)41-37-28-32(22-23-38(37)43-31-44-41)33-29-45-48(30-33)42(34-14-5-2-6-15-34,35-16-7-3-8-17-35)36-18-9-4-10-19-36/h2-12,14-23,28-31,33H,13,24-27H2,1H3/q+1. The lowest BCUT2D eigenvalue weighted by Gasteiger charge is -2.28. The van der Waals surface area contributed by atoms with E-state index in [1.54, 1.807) is 18.5 Å². The van der Waals surface area contributed by atoms with Crippen LogP contribution in [0, 0.1) is 0 Å². The van der Waals surface area contributed by atoms with Crippen molar-refractivity contribution in [2.45, 2.75) is 22.8 Å². The van der Waals surface area contributed by atoms with E-state index in [9.17, 15) is 8.42 Å². The minimum atomic E-state index is -3.36. The van der Waals surface area contributed by atoms with Crippen molar-refractivity contribution in [3.05, 3.63) is 162 Å². The molecule has 8 nitrogen and oxygen atoms in total. The predicted molar refractivity (Wildman–Crippen MR) is 205 cm³/mol. The van der Waals surface area contributed by atoms with Gasteiger partial charge in [-0.2, -0.15) is 0 Å². The lowest BCUT2D eigenvalue weighted by Crippen LogP contribution is -2.39. The maximum absolute atomic E-state index is 12.6. The minimum Gasteiger partial charge on any atom is -0.369 e. The van der Waals surface area contributed by atoms with Gasteiger partial charge in [-0.1, -0.05) is 114 Å². The average Bonchev–Trinajstić information content (AvgIpc) is 3.54. The number of para-hydroxylation sites is 1. The van der Waals surface area contributed by atoms with Crippen molar-refractivity contribution in [3.8, 4) is 0 Å². The van der Waals surface area contributed by atoms with E-state index in [-0.39, 0.29) is 5.92 Å². The van der Waals surface area contributed by atoms with Gasteiger partial charge in [-0.05, 0) is 41.4 Å². The zero-order valence-electron chi connectivity index (χ0n) is 28.5. The number of sulfone groups is 1. The second-order valence-electron chi connectivity index (χ2n) is 13.1. The number of hydrazone groups is 1. The first-order valence-corrected chi connectivity index (χ1v) is 19.2. The van der Waals surface area contributed by atoms with E-state index in [0.717, 1.165) is 64.2 Å². The highest BCUT2D eigenvalue weighted by Gasteiger charge is 2.50. The van der Waals surface area contributed by atoms with Crippen molar-refractivity contribution in [2.75, 3.05) is 42.2 Å². The summed E-state index contributed by atoms with van der Waals surface area (Å²) in [6.07, 6.45) is 8.02. The third-order valence-electron chi connectivity index (χ3n) is 10.00. The highest BCUT2D eigenvalue weighted by atomic mass is 32.2. The van der Waals surface area contributed by atoms with Crippen molar-refractivity contribution in [2.24, 2.45) is 5.10 Å². The summed E-state index contributed by atoms with van der Waals surface area (Å²) in [4.78, 5) is 14.3. The van der Waals surface area contributed by atoms with Crippen molar-refractivity contribution >= 4 is 44.7 Å². The first kappa shape index (κ1) is 32.5. The molecule has 9 heteroatoms. The summed E-state index contributed by atoms with van der Waals surface area (Å²) in [7, 11) is -3.36. The van der Waals surface area contributed by atoms with E-state index in [2.05, 4.69) is 135 Å². The van der Waals surface area contributed by atoms with Gasteiger partial charge in [-0.25, -0.2) is 18.4 Å². The Morgan fingerprint density at radius 1 is 0.686 bits per heavy atom. The van der Waals surface area contributed by atoms with Crippen LogP contribution in [0.5, 0.6) is 0 Å². The highest BCUT2D eigenvalue weighted by molar-refractivity contribution is 7.90. The van der Waals surface area contributed by atoms with E-state index in [0.29, 0.717) is 18.0 Å². The van der Waals surface area contributed by atoms with Gasteiger partial charge < -0.3 is 9.80 Å². The summed E-state index contributed by atoms with van der Waals surface area (Å²) >= 11 is 0. The first-order valence-electron chi connectivity index (χ1n) is 17.3. The third-order valence-corrected chi connectivity index (χ3v) is 11.1. The topological polar surface area (TPSA) is 81.8 Å². The zero-order valence-corrected chi connectivity index (χ0v) is 29.3. The molecule has 1 aromatic heterocycles. The fourth-order valence-corrected chi connectivity index (χ4v) is 8.50. The quantitative estimate of drug-likeness (QED) is 0.128. The second-order valence-corrected chi connectivity index (χ2v) is 15.1. The van der Waals surface area contributed by atoms with Gasteiger partial charge >= 0.3 is 0 Å². The molecule has 51 heavy (non-hydrogen) atoms. The van der Waals surface area contributed by atoms with Crippen LogP contribution in [0.2, 0.25) is 0 Å². The summed E-state index contributed by atoms with van der Waals surface area (Å²) in [5, 5.41) is 6.11. The first-order chi connectivity index (χ1) is 24.9. The van der Waals surface area contributed by atoms with Crippen LogP contribution in [0.4, 0.5) is 11.5 Å². The van der Waals surface area contributed by atoms with Crippen LogP contribution in [0.15, 0.2) is 150 Å². The number of fused-ring (bicyclic) bond motifs is 1. The number of anilines is 2. The molecule has 1 fully saturated rings. The Bertz CT molecular complexity index is 2250. The number of rotatable bonds is 8. The van der Waals surface area contributed by atoms with Crippen molar-refractivity contribution in [1.29, 1.82) is 0 Å². The average molecular weight is 692 g/mol. The number of hydrogen-bond acceptors (Lipinski definition) is 7. The zero-order chi connectivity index (χ0) is 34.8. The summed E-state index contributed by atoms with van der Waals surface area (Å²) in [5.74, 6) is 0.809. The lowest BCUT2D eigenvalue weighted by atomic mass is 9.77. The molecule has 0 spiro atoms. The summed E-state index contributed by atoms with van der Waals surface area (Å²) in [5.41, 5.74) is 5.43. The molecule has 0 N–H and O–H groups in total. The van der Waals surface area contributed by atoms with E-state index in [4.69, 9.17) is 10.1 Å². The molecule has 0 amide bonds. The lowest BCUT2D eigenvalue weighted by molar-refractivity contribution is -0.594. The second kappa shape index (κ2) is 13.6. The van der Waals surface area contributed by atoms with Gasteiger partial charge in [0.25, 0.3) is 5.54 Å². The predicted octanol–water partition coefficient (Wildman–Crippen LogP) is 6.91. The Hall–Kier alpha value is -5.67. The SMILES string of the molecule is CS(=O)(=O)c1ccccc1N1CCCN(c2ncnc3ccc(C4C=N[N+](C(c5ccccc5)(c5ccccc5)c5ccccc5)=C4)cc23)CC1. The Kier molecular flexibility index (Phi) is 8.65. The molecular weight excluding hydrogens is 653 g/mol. The van der Waals surface area contributed by atoms with Crippen LogP contribution >= 0.6 is 0 Å². The van der Waals surface area contributed by atoms with Crippen molar-refractivity contribution in [3.63, 3.8) is 0 Å². The smallest absolute Gasteiger partial charge is 0.269 e. The monoisotopic (exact) mass is 691 g/mol. The molecule has 1 saturated heterocycles. The highest BCUT2D eigenvalue weighted by Crippen LogP contribution is 2.42. The molecule has 254 valence electrons. The van der Waals surface area contributed by atoms with Gasteiger partial charge in [0.2, 0.25) is 0 Å². The fourth-order valence-electron chi connectivity index (χ4n) is 7.60. The number of benzene rings is 5. The van der Waals surface area contributed by atoms with E-state index in [1.807, 2.05) is 18.3 Å². The van der Waals surface area contributed by atoms with E-state index < -0.39 is 15.4 Å². The van der Waals surface area contributed by atoms with Gasteiger partial charge in [-0.15, -0.1) is 0 Å². The van der Waals surface area contributed by atoms with Gasteiger partial charge in [0.05, 0.1) is 22.3 Å². The summed E-state index contributed by atoms with van der Waals surface area (Å²) < 4.78 is 27.3. The molecule has 0 radical (unpaired) electrons. The van der Waals surface area contributed by atoms with E-state index >= 15 is 0 Å². The van der Waals surface area contributed by atoms with Crippen LogP contribution < -0.4 is 9.80 Å². The molecule has 0 bridgehead atoms. The van der Waals surface area contributed by atoms with Gasteiger partial charge in [0, 0.05) is 54.5 Å². The van der Waals surface area contributed by atoms with Gasteiger partial charge in [-0.3, -0.25) is 0 Å². The Labute approximate surface area is 299 Å². The fraction of sp³-hybridized carbons (Fsp3) is 0.190. The van der Waals surface area contributed by atoms with E-state index in [1.165, 1.54) is 6.26 Å². The van der Waals surface area contributed by atoms with Gasteiger partial charge in [0.1, 0.15) is 18.1 Å². The molecule has 1 atom stereocenters. The van der Waals surface area contributed by atoms with Crippen molar-refractivity contribution in [1.82, 2.24) is 9.97 Å². The molecule has 1 unspecified atom stereocenters. The normalized spacial score (nSPS) is 16.6. The molecule has 0 saturated carbocycles. The molecule has 5 aromatic carbocycles. The Morgan fingerprint density at radius 2 is 1.27 bits per heavy atom. The molecular formula is C42H39N6O2S+. The third kappa shape index (κ3) is 6.08. The van der Waals surface area contributed by atoms with Crippen LogP contribution in [-0.2, 0) is 15.4 Å². The maximum atomic E-state index is 12.6. The minimum absolute atomic E-state index is 0.0786. The summed E-state index contributed by atoms with van der Waals surface area (Å²) in [6.45, 7) is 2.93. The van der Waals surface area contributed by atoms with Crippen molar-refractivity contribution < 1.29 is 13.1 Å². The van der Waals surface area contributed by atoms with Crippen LogP contribution in [-0.4, -0.2) is 67.9 Å². The molecule has 2 aliphatic rings. The molecule has 0 aliphatic carbocycles. The number of aromatic nitrogens is 2. The number of hydrogen-bond donors (Lipinski definition) is 0. The van der Waals surface area contributed by atoms with Crippen LogP contribution in [0.3, 0.4) is 0 Å². The Morgan fingerprint density at radius 3 is 1.92 bits per heavy atom. The summed E-state index contributed by atoms with van der Waals surface area (Å²) in [6, 6.07) is 45.5. The Balaban J connectivity index is 1.16. The molecule has 3 heterocycles. The molecule has 2 aliphatic heterocycles. The largest absolute Gasteiger partial charge is 0.369 e. The maximum Gasteiger partial charge on any atom is 0.269 e.